The van der Waals surface area contributed by atoms with Crippen LogP contribution in [0.4, 0.5) is 0 Å². The first-order valence-electron chi connectivity index (χ1n) is 25.2. The van der Waals surface area contributed by atoms with Crippen LogP contribution in [-0.4, -0.2) is 142 Å². The van der Waals surface area contributed by atoms with Gasteiger partial charge in [0.2, 0.25) is 0 Å². The highest BCUT2D eigenvalue weighted by Gasteiger charge is 2.47. The molecule has 2 rings (SSSR count). The van der Waals surface area contributed by atoms with Crippen molar-refractivity contribution in [2.24, 2.45) is 0 Å². The van der Waals surface area contributed by atoms with Crippen LogP contribution in [0.25, 0.3) is 0 Å². The van der Waals surface area contributed by atoms with Crippen LogP contribution in [0.15, 0.2) is 48.6 Å². The SMILES string of the molecule is CCCC/C=C\CCCCCCCCOCC(COC1OC(COC2OC(CO)C(O)C(O)C2O)C(O)C(O)C1O)OC(=O)CCCCCCCC/C=C\C/C=C\C/C=C\CCCCC. The largest absolute Gasteiger partial charge is 0.457 e. The Morgan fingerprint density at radius 3 is 1.55 bits per heavy atom. The normalized spacial score (nSPS) is 26.9. The first-order chi connectivity index (χ1) is 31.6. The zero-order valence-corrected chi connectivity index (χ0v) is 40.0. The van der Waals surface area contributed by atoms with Crippen molar-refractivity contribution < 1.29 is 69.0 Å². The van der Waals surface area contributed by atoms with E-state index in [1.165, 1.54) is 57.8 Å². The second-order valence-corrected chi connectivity index (χ2v) is 17.6. The summed E-state index contributed by atoms with van der Waals surface area (Å²) in [5.74, 6) is -0.393. The number of hydrogen-bond acceptors (Lipinski definition) is 14. The van der Waals surface area contributed by atoms with E-state index in [0.29, 0.717) is 13.0 Å². The molecule has 0 aliphatic carbocycles. The second kappa shape index (κ2) is 38.9. The Morgan fingerprint density at radius 1 is 0.508 bits per heavy atom. The molecule has 0 saturated carbocycles. The number of esters is 1. The van der Waals surface area contributed by atoms with Crippen molar-refractivity contribution in [1.82, 2.24) is 0 Å². The van der Waals surface area contributed by atoms with Crippen LogP contribution in [0.1, 0.15) is 168 Å². The van der Waals surface area contributed by atoms with Gasteiger partial charge >= 0.3 is 5.97 Å². The molecule has 7 N–H and O–H groups in total. The first kappa shape index (κ1) is 59.1. The number of unbranched alkanes of at least 4 members (excludes halogenated alkanes) is 17. The molecule has 2 fully saturated rings. The smallest absolute Gasteiger partial charge is 0.306 e. The number of carbonyl (C=O) groups excluding carboxylic acids is 1. The average Bonchev–Trinajstić information content (AvgIpc) is 3.30. The summed E-state index contributed by atoms with van der Waals surface area (Å²) >= 11 is 0. The topological polar surface area (TPSA) is 214 Å². The first-order valence-corrected chi connectivity index (χ1v) is 25.2. The predicted octanol–water partition coefficient (Wildman–Crippen LogP) is 7.18. The summed E-state index contributed by atoms with van der Waals surface area (Å²) in [5.41, 5.74) is 0. The second-order valence-electron chi connectivity index (χ2n) is 17.6. The number of hydrogen-bond donors (Lipinski definition) is 7. The zero-order valence-electron chi connectivity index (χ0n) is 40.0. The third-order valence-corrected chi connectivity index (χ3v) is 11.8. The number of allylic oxidation sites excluding steroid dienone is 8. The molecule has 2 aliphatic heterocycles. The number of carbonyl (C=O) groups is 1. The van der Waals surface area contributed by atoms with E-state index in [4.69, 9.17) is 28.4 Å². The van der Waals surface area contributed by atoms with Crippen LogP contribution in [0.5, 0.6) is 0 Å². The molecule has 65 heavy (non-hydrogen) atoms. The lowest BCUT2D eigenvalue weighted by atomic mass is 9.98. The standard InChI is InChI=1S/C51H90O14/c1-3-5-7-9-11-13-15-17-18-19-20-21-22-23-24-26-28-30-32-34-43(53)63-40(37-60-35-33-31-29-27-25-16-14-12-10-8-6-4-2)38-61-50-49(59)47(57)45(55)42(65-50)39-62-51-48(58)46(56)44(54)41(36-52)64-51/h10-13,17-18,20-21,40-42,44-52,54-59H,3-9,14-16,19,22-39H2,1-2H3/b12-10-,13-11-,18-17-,21-20-. The third kappa shape index (κ3) is 26.9. The highest BCUT2D eigenvalue weighted by molar-refractivity contribution is 5.69. The molecule has 0 aromatic rings. The van der Waals surface area contributed by atoms with E-state index in [1.54, 1.807) is 0 Å². The molecule has 0 spiro atoms. The number of rotatable bonds is 39. The summed E-state index contributed by atoms with van der Waals surface area (Å²) in [6.45, 7) is 3.58. The predicted molar refractivity (Wildman–Crippen MR) is 252 cm³/mol. The van der Waals surface area contributed by atoms with Crippen molar-refractivity contribution in [2.45, 2.75) is 235 Å². The van der Waals surface area contributed by atoms with E-state index in [-0.39, 0.29) is 19.6 Å². The molecule has 0 aromatic heterocycles. The van der Waals surface area contributed by atoms with Crippen LogP contribution in [0.3, 0.4) is 0 Å². The highest BCUT2D eigenvalue weighted by Crippen LogP contribution is 2.26. The molecule has 2 heterocycles. The van der Waals surface area contributed by atoms with Gasteiger partial charge in [-0.25, -0.2) is 0 Å². The van der Waals surface area contributed by atoms with Crippen molar-refractivity contribution in [3.63, 3.8) is 0 Å². The molecule has 0 amide bonds. The molecule has 11 unspecified atom stereocenters. The lowest BCUT2D eigenvalue weighted by Crippen LogP contribution is -2.61. The third-order valence-electron chi connectivity index (χ3n) is 11.8. The minimum Gasteiger partial charge on any atom is -0.457 e. The molecule has 11 atom stereocenters. The van der Waals surface area contributed by atoms with E-state index in [9.17, 15) is 40.5 Å². The van der Waals surface area contributed by atoms with Gasteiger partial charge in [0.15, 0.2) is 12.6 Å². The summed E-state index contributed by atoms with van der Waals surface area (Å²) in [5, 5.41) is 72.0. The summed E-state index contributed by atoms with van der Waals surface area (Å²) in [7, 11) is 0. The minimum atomic E-state index is -1.71. The fourth-order valence-electron chi connectivity index (χ4n) is 7.62. The highest BCUT2D eigenvalue weighted by atomic mass is 16.7. The van der Waals surface area contributed by atoms with Gasteiger partial charge in [0.25, 0.3) is 0 Å². The summed E-state index contributed by atoms with van der Waals surface area (Å²) in [6, 6.07) is 0. The molecule has 0 aromatic carbocycles. The van der Waals surface area contributed by atoms with Crippen LogP contribution in [0.2, 0.25) is 0 Å². The maximum atomic E-state index is 13.0. The monoisotopic (exact) mass is 927 g/mol. The Morgan fingerprint density at radius 2 is 0.969 bits per heavy atom. The number of aliphatic hydroxyl groups excluding tert-OH is 7. The molecule has 14 nitrogen and oxygen atoms in total. The fraction of sp³-hybridized carbons (Fsp3) is 0.824. The van der Waals surface area contributed by atoms with Gasteiger partial charge in [-0.2, -0.15) is 0 Å². The van der Waals surface area contributed by atoms with Crippen molar-refractivity contribution in [2.75, 3.05) is 33.0 Å². The Hall–Kier alpha value is -2.05. The van der Waals surface area contributed by atoms with Gasteiger partial charge in [0.05, 0.1) is 26.4 Å². The van der Waals surface area contributed by atoms with Crippen LogP contribution in [0, 0.1) is 0 Å². The number of aliphatic hydroxyl groups is 7. The van der Waals surface area contributed by atoms with Gasteiger partial charge < -0.3 is 64.2 Å². The molecule has 378 valence electrons. The van der Waals surface area contributed by atoms with Crippen LogP contribution in [-0.2, 0) is 33.2 Å². The van der Waals surface area contributed by atoms with Gasteiger partial charge in [-0.05, 0) is 70.6 Å². The van der Waals surface area contributed by atoms with E-state index in [2.05, 4.69) is 62.5 Å². The summed E-state index contributed by atoms with van der Waals surface area (Å²) in [6.07, 6.45) is 27.4. The summed E-state index contributed by atoms with van der Waals surface area (Å²) < 4.78 is 34.2. The Bertz CT molecular complexity index is 1260. The average molecular weight is 927 g/mol. The molecular weight excluding hydrogens is 837 g/mol. The van der Waals surface area contributed by atoms with Crippen LogP contribution >= 0.6 is 0 Å². The van der Waals surface area contributed by atoms with Crippen molar-refractivity contribution in [3.05, 3.63) is 48.6 Å². The van der Waals surface area contributed by atoms with Crippen molar-refractivity contribution in [1.29, 1.82) is 0 Å². The molecule has 0 radical (unpaired) electrons. The van der Waals surface area contributed by atoms with Gasteiger partial charge in [-0.3, -0.25) is 4.79 Å². The Kier molecular flexibility index (Phi) is 35.3. The molecule has 2 saturated heterocycles. The summed E-state index contributed by atoms with van der Waals surface area (Å²) in [4.78, 5) is 13.0. The minimum absolute atomic E-state index is 0.0506. The lowest BCUT2D eigenvalue weighted by Gasteiger charge is -2.42. The molecule has 0 bridgehead atoms. The van der Waals surface area contributed by atoms with E-state index in [0.717, 1.165) is 83.5 Å². The Labute approximate surface area is 391 Å². The van der Waals surface area contributed by atoms with Gasteiger partial charge in [-0.15, -0.1) is 0 Å². The van der Waals surface area contributed by atoms with E-state index < -0.39 is 86.7 Å². The maximum Gasteiger partial charge on any atom is 0.306 e. The zero-order chi connectivity index (χ0) is 47.3. The van der Waals surface area contributed by atoms with E-state index >= 15 is 0 Å². The van der Waals surface area contributed by atoms with E-state index in [1.807, 2.05) is 0 Å². The van der Waals surface area contributed by atoms with Crippen LogP contribution < -0.4 is 0 Å². The van der Waals surface area contributed by atoms with Gasteiger partial charge in [0.1, 0.15) is 54.9 Å². The lowest BCUT2D eigenvalue weighted by molar-refractivity contribution is -0.332. The van der Waals surface area contributed by atoms with Crippen molar-refractivity contribution >= 4 is 5.97 Å². The molecular formula is C51H90O14. The van der Waals surface area contributed by atoms with Gasteiger partial charge in [0, 0.05) is 13.0 Å². The molecule has 2 aliphatic rings. The Balaban J connectivity index is 1.78. The fourth-order valence-corrected chi connectivity index (χ4v) is 7.62. The maximum absolute atomic E-state index is 13.0. The number of ether oxygens (including phenoxy) is 6. The van der Waals surface area contributed by atoms with Gasteiger partial charge in [-0.1, -0.05) is 140 Å². The quantitative estimate of drug-likeness (QED) is 0.0185. The van der Waals surface area contributed by atoms with Crippen molar-refractivity contribution in [3.8, 4) is 0 Å². The molecule has 14 heteroatoms.